The van der Waals surface area contributed by atoms with Crippen LogP contribution in [0.2, 0.25) is 0 Å². The molecule has 0 aliphatic heterocycles. The largest absolute Gasteiger partial charge is 0.287 e. The van der Waals surface area contributed by atoms with E-state index < -0.39 is 0 Å². The van der Waals surface area contributed by atoms with Gasteiger partial charge < -0.3 is 0 Å². The number of halogens is 1. The lowest BCUT2D eigenvalue weighted by Crippen LogP contribution is -2.11. The number of rotatable bonds is 2. The Morgan fingerprint density at radius 3 is 2.87 bits per heavy atom. The number of aromatic nitrogens is 2. The molecule has 1 aromatic heterocycles. The van der Waals surface area contributed by atoms with Gasteiger partial charge in [-0.25, -0.2) is 0 Å². The summed E-state index contributed by atoms with van der Waals surface area (Å²) in [4.78, 5) is 12.1. The second kappa shape index (κ2) is 4.31. The van der Waals surface area contributed by atoms with Gasteiger partial charge in [-0.2, -0.15) is 5.10 Å². The summed E-state index contributed by atoms with van der Waals surface area (Å²) in [5, 5.41) is 4.05. The van der Waals surface area contributed by atoms with Gasteiger partial charge >= 0.3 is 0 Å². The minimum absolute atomic E-state index is 0.113. The van der Waals surface area contributed by atoms with Crippen molar-refractivity contribution in [3.8, 4) is 0 Å². The summed E-state index contributed by atoms with van der Waals surface area (Å²) < 4.78 is 2.41. The van der Waals surface area contributed by atoms with Gasteiger partial charge in [0.25, 0.3) is 0 Å². The van der Waals surface area contributed by atoms with Crippen molar-refractivity contribution in [3.05, 3.63) is 28.0 Å². The molecule has 1 heterocycles. The summed E-state index contributed by atoms with van der Waals surface area (Å²) in [5.41, 5.74) is 1.59. The number of hydrogen-bond donors (Lipinski definition) is 0. The van der Waals surface area contributed by atoms with Crippen molar-refractivity contribution >= 4 is 21.7 Å². The van der Waals surface area contributed by atoms with Gasteiger partial charge in [-0.05, 0) is 47.2 Å². The normalized spacial score (nSPS) is 16.3. The van der Waals surface area contributed by atoms with Crippen LogP contribution in [0.1, 0.15) is 36.2 Å². The molecule has 0 spiro atoms. The zero-order valence-corrected chi connectivity index (χ0v) is 10.2. The van der Waals surface area contributed by atoms with Crippen molar-refractivity contribution in [2.75, 3.05) is 0 Å². The maximum Gasteiger partial charge on any atom is 0.207 e. The molecule has 0 radical (unpaired) electrons. The molecule has 4 heteroatoms. The molecule has 1 aliphatic carbocycles. The zero-order valence-electron chi connectivity index (χ0n) is 8.66. The van der Waals surface area contributed by atoms with E-state index in [4.69, 9.17) is 0 Å². The first-order valence-electron chi connectivity index (χ1n) is 5.11. The van der Waals surface area contributed by atoms with Crippen LogP contribution in [0.4, 0.5) is 0 Å². The summed E-state index contributed by atoms with van der Waals surface area (Å²) >= 11 is 3.35. The van der Waals surface area contributed by atoms with E-state index in [9.17, 15) is 4.79 Å². The molecule has 3 nitrogen and oxygen atoms in total. The molecule has 0 saturated carbocycles. The van der Waals surface area contributed by atoms with Gasteiger partial charge in [0.05, 0.1) is 10.7 Å². The Kier molecular flexibility index (Phi) is 3.05. The molecule has 0 aromatic carbocycles. The van der Waals surface area contributed by atoms with Gasteiger partial charge in [-0.15, -0.1) is 0 Å². The van der Waals surface area contributed by atoms with Gasteiger partial charge in [0.15, 0.2) is 0 Å². The van der Waals surface area contributed by atoms with Crippen LogP contribution in [0.25, 0.3) is 0 Å². The quantitative estimate of drug-likeness (QED) is 0.774. The lowest BCUT2D eigenvalue weighted by molar-refractivity contribution is 0.101. The van der Waals surface area contributed by atoms with Crippen LogP contribution in [0.5, 0.6) is 0 Å². The Hall–Kier alpha value is -0.900. The highest BCUT2D eigenvalue weighted by Crippen LogP contribution is 2.24. The van der Waals surface area contributed by atoms with Crippen molar-refractivity contribution in [1.82, 2.24) is 9.78 Å². The van der Waals surface area contributed by atoms with E-state index in [2.05, 4.69) is 27.1 Å². The minimum atomic E-state index is 0.113. The van der Waals surface area contributed by atoms with Gasteiger partial charge in [-0.1, -0.05) is 6.08 Å². The molecule has 0 N–H and O–H groups in total. The number of Topliss-reactive ketones (excluding diaryl/α,β-unsaturated/α-hetero) is 1. The predicted molar refractivity (Wildman–Crippen MR) is 61.8 cm³/mol. The second-order valence-corrected chi connectivity index (χ2v) is 4.62. The van der Waals surface area contributed by atoms with Gasteiger partial charge in [-0.3, -0.25) is 9.48 Å². The molecule has 0 saturated heterocycles. The highest BCUT2D eigenvalue weighted by Gasteiger charge is 2.20. The van der Waals surface area contributed by atoms with Crippen LogP contribution in [0.15, 0.2) is 22.3 Å². The van der Waals surface area contributed by atoms with E-state index >= 15 is 0 Å². The number of allylic oxidation sites excluding steroid dienone is 2. The molecule has 15 heavy (non-hydrogen) atoms. The average molecular weight is 269 g/mol. The topological polar surface area (TPSA) is 34.9 Å². The van der Waals surface area contributed by atoms with E-state index in [0.717, 1.165) is 29.3 Å². The van der Waals surface area contributed by atoms with Gasteiger partial charge in [0.1, 0.15) is 5.69 Å². The molecule has 0 amide bonds. The summed E-state index contributed by atoms with van der Waals surface area (Å²) in [7, 11) is 1.79. The standard InChI is InChI=1S/C11H13BrN2O/c1-14-10(9(12)7-13-14)11(15)8-5-3-2-4-6-8/h5,7H,2-4,6H2,1H3. The number of aryl methyl sites for hydroxylation is 1. The van der Waals surface area contributed by atoms with Gasteiger partial charge in [0, 0.05) is 7.05 Å². The third kappa shape index (κ3) is 2.04. The van der Waals surface area contributed by atoms with Crippen LogP contribution >= 0.6 is 15.9 Å². The zero-order chi connectivity index (χ0) is 10.8. The Morgan fingerprint density at radius 2 is 2.33 bits per heavy atom. The highest BCUT2D eigenvalue weighted by atomic mass is 79.9. The van der Waals surface area contributed by atoms with Gasteiger partial charge in [0.2, 0.25) is 5.78 Å². The minimum Gasteiger partial charge on any atom is -0.287 e. The van der Waals surface area contributed by atoms with Crippen LogP contribution in [0, 0.1) is 0 Å². The molecular weight excluding hydrogens is 256 g/mol. The molecule has 1 aliphatic rings. The van der Waals surface area contributed by atoms with Crippen molar-refractivity contribution in [2.24, 2.45) is 7.05 Å². The van der Waals surface area contributed by atoms with E-state index in [-0.39, 0.29) is 5.78 Å². The Balaban J connectivity index is 2.31. The first-order valence-corrected chi connectivity index (χ1v) is 5.90. The Labute approximate surface area is 97.3 Å². The predicted octanol–water partition coefficient (Wildman–Crippen LogP) is 2.87. The third-order valence-electron chi connectivity index (χ3n) is 2.69. The Bertz CT molecular complexity index is 401. The van der Waals surface area contributed by atoms with Crippen molar-refractivity contribution < 1.29 is 4.79 Å². The van der Waals surface area contributed by atoms with E-state index in [0.29, 0.717) is 5.69 Å². The van der Waals surface area contributed by atoms with Crippen molar-refractivity contribution in [1.29, 1.82) is 0 Å². The lowest BCUT2D eigenvalue weighted by atomic mass is 9.95. The van der Waals surface area contributed by atoms with Crippen LogP contribution in [0.3, 0.4) is 0 Å². The van der Waals surface area contributed by atoms with E-state index in [1.807, 2.05) is 0 Å². The molecule has 0 atom stereocenters. The molecule has 80 valence electrons. The number of hydrogen-bond acceptors (Lipinski definition) is 2. The fraction of sp³-hybridized carbons (Fsp3) is 0.455. The number of nitrogens with zero attached hydrogens (tertiary/aromatic N) is 2. The number of ketones is 1. The summed E-state index contributed by atoms with van der Waals surface area (Å²) in [6.45, 7) is 0. The average Bonchev–Trinajstić information content (AvgIpc) is 2.59. The van der Waals surface area contributed by atoms with E-state index in [1.54, 1.807) is 17.9 Å². The summed E-state index contributed by atoms with van der Waals surface area (Å²) in [6, 6.07) is 0. The summed E-state index contributed by atoms with van der Waals surface area (Å²) in [5.74, 6) is 0.113. The first-order chi connectivity index (χ1) is 7.20. The molecule has 1 aromatic rings. The molecule has 0 unspecified atom stereocenters. The maximum atomic E-state index is 12.1. The van der Waals surface area contributed by atoms with Crippen molar-refractivity contribution in [2.45, 2.75) is 25.7 Å². The highest BCUT2D eigenvalue weighted by molar-refractivity contribution is 9.10. The SMILES string of the molecule is Cn1ncc(Br)c1C(=O)C1=CCCCC1. The molecule has 2 rings (SSSR count). The number of carbonyl (C=O) groups excluding carboxylic acids is 1. The first kappa shape index (κ1) is 10.6. The smallest absolute Gasteiger partial charge is 0.207 e. The fourth-order valence-electron chi connectivity index (χ4n) is 1.86. The molecular formula is C11H13BrN2O. The molecule has 0 fully saturated rings. The van der Waals surface area contributed by atoms with E-state index in [1.165, 1.54) is 6.42 Å². The molecule has 0 bridgehead atoms. The van der Waals surface area contributed by atoms with Crippen molar-refractivity contribution in [3.63, 3.8) is 0 Å². The monoisotopic (exact) mass is 268 g/mol. The second-order valence-electron chi connectivity index (χ2n) is 3.77. The maximum absolute atomic E-state index is 12.1. The lowest BCUT2D eigenvalue weighted by Gasteiger charge is -2.11. The Morgan fingerprint density at radius 1 is 1.53 bits per heavy atom. The van der Waals surface area contributed by atoms with Crippen LogP contribution in [-0.4, -0.2) is 15.6 Å². The summed E-state index contributed by atoms with van der Waals surface area (Å²) in [6.07, 6.45) is 7.96. The van der Waals surface area contributed by atoms with Crippen LogP contribution < -0.4 is 0 Å². The fourth-order valence-corrected chi connectivity index (χ4v) is 2.39. The third-order valence-corrected chi connectivity index (χ3v) is 3.27. The number of carbonyl (C=O) groups is 1. The van der Waals surface area contributed by atoms with Crippen LogP contribution in [-0.2, 0) is 7.05 Å².